The standard InChI is InChI=1S/C29H36N2O2/c1-27(2)32-25-22-14-23-18(16-30-31-23)15-29(22,4)21-12-13-28(3)19(17-8-6-5-7-9-17)10-11-20(28)24(21)26(25)33-27/h5-10,16,20-22,24-26H,11-15H2,1-4H3,(H,30,31)/t20-,21-,22+,24-,25+,26+,28+,29+/m0/s1. The number of nitrogens with one attached hydrogen (secondary N) is 1. The number of hydrogen-bond acceptors (Lipinski definition) is 3. The summed E-state index contributed by atoms with van der Waals surface area (Å²) in [7, 11) is 0. The van der Waals surface area contributed by atoms with Gasteiger partial charge >= 0.3 is 0 Å². The van der Waals surface area contributed by atoms with Crippen LogP contribution in [0.4, 0.5) is 0 Å². The molecule has 174 valence electrons. The number of ether oxygens (including phenoxy) is 2. The van der Waals surface area contributed by atoms with Crippen molar-refractivity contribution in [3.63, 3.8) is 0 Å². The molecular formula is C29H36N2O2. The van der Waals surface area contributed by atoms with E-state index in [1.54, 1.807) is 5.57 Å². The van der Waals surface area contributed by atoms with Crippen molar-refractivity contribution >= 4 is 5.57 Å². The second kappa shape index (κ2) is 6.60. The molecule has 0 amide bonds. The molecule has 2 aromatic rings. The van der Waals surface area contributed by atoms with E-state index in [9.17, 15) is 0 Å². The lowest BCUT2D eigenvalue weighted by Crippen LogP contribution is -2.63. The highest BCUT2D eigenvalue weighted by molar-refractivity contribution is 5.73. The van der Waals surface area contributed by atoms with Crippen molar-refractivity contribution < 1.29 is 9.47 Å². The molecule has 1 saturated heterocycles. The summed E-state index contributed by atoms with van der Waals surface area (Å²) in [6, 6.07) is 11.1. The lowest BCUT2D eigenvalue weighted by atomic mass is 9.43. The fraction of sp³-hybridized carbons (Fsp3) is 0.621. The predicted molar refractivity (Wildman–Crippen MR) is 128 cm³/mol. The number of nitrogens with zero attached hydrogens (tertiary/aromatic N) is 1. The van der Waals surface area contributed by atoms with Gasteiger partial charge in [-0.1, -0.05) is 50.3 Å². The van der Waals surface area contributed by atoms with E-state index in [2.05, 4.69) is 80.5 Å². The zero-order valence-corrected chi connectivity index (χ0v) is 20.3. The van der Waals surface area contributed by atoms with Crippen LogP contribution in [0.3, 0.4) is 0 Å². The first kappa shape index (κ1) is 20.5. The minimum Gasteiger partial charge on any atom is -0.344 e. The average Bonchev–Trinajstić information content (AvgIpc) is 3.46. The molecule has 7 rings (SSSR count). The monoisotopic (exact) mass is 444 g/mol. The number of benzene rings is 1. The van der Waals surface area contributed by atoms with Crippen LogP contribution in [-0.2, 0) is 22.3 Å². The van der Waals surface area contributed by atoms with E-state index in [-0.39, 0.29) is 23.0 Å². The molecule has 2 saturated carbocycles. The highest BCUT2D eigenvalue weighted by Gasteiger charge is 2.67. The second-order valence-corrected chi connectivity index (χ2v) is 12.4. The van der Waals surface area contributed by atoms with Gasteiger partial charge in [-0.15, -0.1) is 0 Å². The van der Waals surface area contributed by atoms with E-state index >= 15 is 0 Å². The summed E-state index contributed by atoms with van der Waals surface area (Å²) >= 11 is 0. The first-order chi connectivity index (χ1) is 15.8. The Balaban J connectivity index is 1.32. The Morgan fingerprint density at radius 2 is 1.76 bits per heavy atom. The summed E-state index contributed by atoms with van der Waals surface area (Å²) in [5.74, 6) is 1.76. The normalized spacial score (nSPS) is 44.8. The lowest BCUT2D eigenvalue weighted by Gasteiger charge is -2.62. The summed E-state index contributed by atoms with van der Waals surface area (Å²) in [5, 5.41) is 7.71. The smallest absolute Gasteiger partial charge is 0.163 e. The van der Waals surface area contributed by atoms with E-state index in [1.807, 2.05) is 0 Å². The Kier molecular flexibility index (Phi) is 4.10. The van der Waals surface area contributed by atoms with Gasteiger partial charge in [0.25, 0.3) is 0 Å². The van der Waals surface area contributed by atoms with Gasteiger partial charge in [0.05, 0.1) is 18.4 Å². The molecule has 4 heteroatoms. The highest BCUT2D eigenvalue weighted by Crippen LogP contribution is 2.68. The van der Waals surface area contributed by atoms with Crippen LogP contribution in [-0.4, -0.2) is 28.2 Å². The average molecular weight is 445 g/mol. The maximum atomic E-state index is 6.81. The summed E-state index contributed by atoms with van der Waals surface area (Å²) in [6.07, 6.45) is 10.8. The minimum absolute atomic E-state index is 0.158. The first-order valence-corrected chi connectivity index (χ1v) is 12.9. The third-order valence-corrected chi connectivity index (χ3v) is 10.4. The number of rotatable bonds is 1. The maximum Gasteiger partial charge on any atom is 0.163 e. The topological polar surface area (TPSA) is 47.1 Å². The van der Waals surface area contributed by atoms with E-state index in [1.165, 1.54) is 29.7 Å². The molecule has 4 nitrogen and oxygen atoms in total. The number of allylic oxidation sites excluding steroid dienone is 2. The molecule has 33 heavy (non-hydrogen) atoms. The molecule has 0 radical (unpaired) electrons. The largest absolute Gasteiger partial charge is 0.344 e. The molecule has 5 aliphatic rings. The van der Waals surface area contributed by atoms with Crippen molar-refractivity contribution in [1.29, 1.82) is 0 Å². The number of aromatic nitrogens is 2. The van der Waals surface area contributed by atoms with E-state index in [0.29, 0.717) is 23.7 Å². The van der Waals surface area contributed by atoms with Crippen LogP contribution < -0.4 is 0 Å². The molecule has 2 heterocycles. The van der Waals surface area contributed by atoms with Crippen LogP contribution >= 0.6 is 0 Å². The summed E-state index contributed by atoms with van der Waals surface area (Å²) < 4.78 is 13.6. The number of H-pyrrole nitrogens is 1. The summed E-state index contributed by atoms with van der Waals surface area (Å²) in [5.41, 5.74) is 6.14. The van der Waals surface area contributed by atoms with Crippen LogP contribution in [0.15, 0.2) is 42.6 Å². The SMILES string of the molecule is CC1(C)O[C@H]2[C@H](O1)[C@H]1Cc3[nH]ncc3C[C@]1(C)[C@H]1CC[C@]3(C)C(c4ccccc4)=CC[C@H]3[C@H]21. The van der Waals surface area contributed by atoms with Gasteiger partial charge < -0.3 is 9.47 Å². The Morgan fingerprint density at radius 1 is 0.970 bits per heavy atom. The van der Waals surface area contributed by atoms with Gasteiger partial charge in [0.15, 0.2) is 5.79 Å². The molecule has 4 aliphatic carbocycles. The fourth-order valence-electron chi connectivity index (χ4n) is 9.05. The van der Waals surface area contributed by atoms with Crippen LogP contribution in [0, 0.1) is 34.5 Å². The molecule has 1 aromatic heterocycles. The van der Waals surface area contributed by atoms with Crippen molar-refractivity contribution in [3.05, 3.63) is 59.4 Å². The zero-order chi connectivity index (χ0) is 22.6. The predicted octanol–water partition coefficient (Wildman–Crippen LogP) is 5.80. The number of fused-ring (bicyclic) bond motifs is 9. The van der Waals surface area contributed by atoms with Gasteiger partial charge in [-0.05, 0) is 97.2 Å². The van der Waals surface area contributed by atoms with Crippen molar-refractivity contribution in [2.45, 2.75) is 77.8 Å². The minimum atomic E-state index is -0.512. The number of aromatic amines is 1. The summed E-state index contributed by atoms with van der Waals surface area (Å²) in [4.78, 5) is 0. The van der Waals surface area contributed by atoms with Crippen LogP contribution in [0.25, 0.3) is 5.57 Å². The molecule has 1 N–H and O–H groups in total. The van der Waals surface area contributed by atoms with Gasteiger partial charge in [0.1, 0.15) is 0 Å². The van der Waals surface area contributed by atoms with Crippen molar-refractivity contribution in [1.82, 2.24) is 10.2 Å². The third kappa shape index (κ3) is 2.68. The summed E-state index contributed by atoms with van der Waals surface area (Å²) in [6.45, 7) is 9.34. The maximum absolute atomic E-state index is 6.81. The van der Waals surface area contributed by atoms with Gasteiger partial charge in [-0.2, -0.15) is 5.10 Å². The molecule has 0 bridgehead atoms. The van der Waals surface area contributed by atoms with Crippen molar-refractivity contribution in [2.24, 2.45) is 34.5 Å². The Bertz CT molecular complexity index is 1120. The zero-order valence-electron chi connectivity index (χ0n) is 20.3. The second-order valence-electron chi connectivity index (χ2n) is 12.4. The van der Waals surface area contributed by atoms with Crippen LogP contribution in [0.5, 0.6) is 0 Å². The fourth-order valence-corrected chi connectivity index (χ4v) is 9.05. The van der Waals surface area contributed by atoms with Gasteiger partial charge in [0.2, 0.25) is 0 Å². The first-order valence-electron chi connectivity index (χ1n) is 12.9. The Hall–Kier alpha value is -1.91. The molecule has 3 fully saturated rings. The van der Waals surface area contributed by atoms with Gasteiger partial charge in [-0.25, -0.2) is 0 Å². The van der Waals surface area contributed by atoms with E-state index in [0.717, 1.165) is 19.3 Å². The Labute approximate surface area is 197 Å². The van der Waals surface area contributed by atoms with Crippen LogP contribution in [0.1, 0.15) is 63.8 Å². The van der Waals surface area contributed by atoms with E-state index < -0.39 is 5.79 Å². The molecule has 0 unspecified atom stereocenters. The van der Waals surface area contributed by atoms with Crippen molar-refractivity contribution in [3.8, 4) is 0 Å². The highest BCUT2D eigenvalue weighted by atomic mass is 16.8. The molecule has 0 spiro atoms. The molecule has 1 aromatic carbocycles. The lowest BCUT2D eigenvalue weighted by molar-refractivity contribution is -0.163. The third-order valence-electron chi connectivity index (χ3n) is 10.4. The number of hydrogen-bond donors (Lipinski definition) is 1. The molecule has 1 aliphatic heterocycles. The van der Waals surface area contributed by atoms with Gasteiger partial charge in [-0.3, -0.25) is 5.10 Å². The quantitative estimate of drug-likeness (QED) is 0.605. The van der Waals surface area contributed by atoms with E-state index in [4.69, 9.17) is 9.47 Å². The van der Waals surface area contributed by atoms with Crippen molar-refractivity contribution in [2.75, 3.05) is 0 Å². The Morgan fingerprint density at radius 3 is 2.58 bits per heavy atom. The molecule has 8 atom stereocenters. The van der Waals surface area contributed by atoms with Crippen LogP contribution in [0.2, 0.25) is 0 Å². The van der Waals surface area contributed by atoms with Gasteiger partial charge in [0, 0.05) is 5.69 Å². The molecular weight excluding hydrogens is 408 g/mol.